The van der Waals surface area contributed by atoms with Crippen molar-refractivity contribution in [2.45, 2.75) is 25.8 Å². The predicted molar refractivity (Wildman–Crippen MR) is 87.7 cm³/mol. The lowest BCUT2D eigenvalue weighted by molar-refractivity contribution is -0.117. The van der Waals surface area contributed by atoms with Gasteiger partial charge in [-0.25, -0.2) is 9.97 Å². The van der Waals surface area contributed by atoms with E-state index in [1.54, 1.807) is 30.7 Å². The van der Waals surface area contributed by atoms with Crippen molar-refractivity contribution < 1.29 is 9.32 Å². The number of hydrogen-bond acceptors (Lipinski definition) is 7. The summed E-state index contributed by atoms with van der Waals surface area (Å²) in [4.78, 5) is 24.3. The average Bonchev–Trinajstić information content (AvgIpc) is 3.26. The molecule has 0 bridgehead atoms. The van der Waals surface area contributed by atoms with E-state index in [9.17, 15) is 4.79 Å². The van der Waals surface area contributed by atoms with Gasteiger partial charge in [-0.1, -0.05) is 5.16 Å². The first-order valence-electron chi connectivity index (χ1n) is 7.41. The Bertz CT molecular complexity index is 858. The number of thiophene rings is 1. The van der Waals surface area contributed by atoms with Crippen molar-refractivity contribution in [1.29, 1.82) is 0 Å². The van der Waals surface area contributed by atoms with Crippen LogP contribution in [-0.2, 0) is 4.79 Å². The Hall–Kier alpha value is -2.48. The van der Waals surface area contributed by atoms with Crippen LogP contribution in [0.1, 0.15) is 18.6 Å². The van der Waals surface area contributed by atoms with E-state index in [-0.39, 0.29) is 11.9 Å². The number of nitrogens with one attached hydrogen (secondary N) is 1. The molecule has 1 saturated heterocycles. The van der Waals surface area contributed by atoms with Gasteiger partial charge in [0.2, 0.25) is 5.91 Å². The summed E-state index contributed by atoms with van der Waals surface area (Å²) < 4.78 is 4.99. The van der Waals surface area contributed by atoms with Crippen molar-refractivity contribution in [3.63, 3.8) is 0 Å². The molecule has 0 radical (unpaired) electrons. The summed E-state index contributed by atoms with van der Waals surface area (Å²) in [6, 6.07) is 3.45. The SMILES string of the molecule is Cc1cc(NC(=O)[C@@H]2CCCN2c2ncnc3sccc23)no1. The van der Waals surface area contributed by atoms with E-state index in [0.717, 1.165) is 35.4 Å². The van der Waals surface area contributed by atoms with E-state index in [4.69, 9.17) is 4.52 Å². The van der Waals surface area contributed by atoms with Crippen LogP contribution in [0, 0.1) is 6.92 Å². The van der Waals surface area contributed by atoms with Crippen molar-refractivity contribution in [3.8, 4) is 0 Å². The smallest absolute Gasteiger partial charge is 0.248 e. The van der Waals surface area contributed by atoms with E-state index in [0.29, 0.717) is 11.6 Å². The minimum atomic E-state index is -0.259. The Morgan fingerprint density at radius 3 is 3.22 bits per heavy atom. The molecule has 3 aromatic heterocycles. The molecule has 1 N–H and O–H groups in total. The van der Waals surface area contributed by atoms with Crippen LogP contribution >= 0.6 is 11.3 Å². The van der Waals surface area contributed by atoms with E-state index in [1.807, 2.05) is 11.4 Å². The Labute approximate surface area is 136 Å². The van der Waals surface area contributed by atoms with Gasteiger partial charge in [0, 0.05) is 12.6 Å². The van der Waals surface area contributed by atoms with Gasteiger partial charge in [0.1, 0.15) is 28.8 Å². The highest BCUT2D eigenvalue weighted by molar-refractivity contribution is 7.16. The standard InChI is InChI=1S/C15H15N5O2S/c1-9-7-12(19-22-9)18-14(21)11-3-2-5-20(11)13-10-4-6-23-15(10)17-8-16-13/h4,6-8,11H,2-3,5H2,1H3,(H,18,19,21)/t11-/m0/s1. The second-order valence-electron chi connectivity index (χ2n) is 5.50. The first-order valence-corrected chi connectivity index (χ1v) is 8.29. The summed E-state index contributed by atoms with van der Waals surface area (Å²) in [6.07, 6.45) is 3.30. The normalized spacial score (nSPS) is 17.8. The maximum absolute atomic E-state index is 12.6. The molecular weight excluding hydrogens is 314 g/mol. The second-order valence-corrected chi connectivity index (χ2v) is 6.39. The summed E-state index contributed by atoms with van der Waals surface area (Å²) >= 11 is 1.57. The fourth-order valence-corrected chi connectivity index (χ4v) is 3.66. The molecule has 1 fully saturated rings. The van der Waals surface area contributed by atoms with E-state index < -0.39 is 0 Å². The number of fused-ring (bicyclic) bond motifs is 1. The van der Waals surface area contributed by atoms with Crippen molar-refractivity contribution >= 4 is 39.1 Å². The lowest BCUT2D eigenvalue weighted by Gasteiger charge is -2.24. The van der Waals surface area contributed by atoms with E-state index in [2.05, 4.69) is 25.3 Å². The molecule has 7 nitrogen and oxygen atoms in total. The molecule has 1 aliphatic rings. The van der Waals surface area contributed by atoms with Gasteiger partial charge in [-0.3, -0.25) is 4.79 Å². The van der Waals surface area contributed by atoms with Gasteiger partial charge >= 0.3 is 0 Å². The molecule has 1 amide bonds. The van der Waals surface area contributed by atoms with Gasteiger partial charge in [0.15, 0.2) is 5.82 Å². The first-order chi connectivity index (χ1) is 11.2. The fourth-order valence-electron chi connectivity index (χ4n) is 2.93. The molecule has 0 spiro atoms. The van der Waals surface area contributed by atoms with Gasteiger partial charge in [0.05, 0.1) is 5.39 Å². The minimum Gasteiger partial charge on any atom is -0.360 e. The molecule has 0 saturated carbocycles. The van der Waals surface area contributed by atoms with Crippen LogP contribution in [0.5, 0.6) is 0 Å². The number of amides is 1. The molecule has 0 unspecified atom stereocenters. The third-order valence-electron chi connectivity index (χ3n) is 3.95. The first kappa shape index (κ1) is 14.1. The van der Waals surface area contributed by atoms with Gasteiger partial charge in [-0.2, -0.15) is 0 Å². The highest BCUT2D eigenvalue weighted by Crippen LogP contribution is 2.32. The summed E-state index contributed by atoms with van der Waals surface area (Å²) in [5.74, 6) is 1.85. The molecule has 4 heterocycles. The molecule has 3 aromatic rings. The van der Waals surface area contributed by atoms with Gasteiger partial charge in [0.25, 0.3) is 0 Å². The maximum Gasteiger partial charge on any atom is 0.248 e. The van der Waals surface area contributed by atoms with Crippen LogP contribution in [0.25, 0.3) is 10.2 Å². The molecular formula is C15H15N5O2S. The zero-order valence-electron chi connectivity index (χ0n) is 12.5. The predicted octanol–water partition coefficient (Wildman–Crippen LogP) is 2.60. The number of rotatable bonds is 3. The van der Waals surface area contributed by atoms with E-state index in [1.165, 1.54) is 0 Å². The van der Waals surface area contributed by atoms with Crippen LogP contribution in [0.2, 0.25) is 0 Å². The number of aryl methyl sites for hydroxylation is 1. The molecule has 4 rings (SSSR count). The topological polar surface area (TPSA) is 84.2 Å². The molecule has 118 valence electrons. The Balaban J connectivity index is 1.61. The average molecular weight is 329 g/mol. The van der Waals surface area contributed by atoms with Crippen molar-refractivity contribution in [2.24, 2.45) is 0 Å². The second kappa shape index (κ2) is 5.62. The number of anilines is 2. The summed E-state index contributed by atoms with van der Waals surface area (Å²) in [5, 5.41) is 9.62. The molecule has 0 aliphatic carbocycles. The van der Waals surface area contributed by atoms with Gasteiger partial charge in [-0.05, 0) is 31.2 Å². The molecule has 1 aliphatic heterocycles. The van der Waals surface area contributed by atoms with Crippen molar-refractivity contribution in [3.05, 3.63) is 29.6 Å². The largest absolute Gasteiger partial charge is 0.360 e. The third kappa shape index (κ3) is 2.55. The lowest BCUT2D eigenvalue weighted by atomic mass is 10.2. The monoisotopic (exact) mass is 329 g/mol. The van der Waals surface area contributed by atoms with Crippen LogP contribution in [0.15, 0.2) is 28.4 Å². The number of nitrogens with zero attached hydrogens (tertiary/aromatic N) is 4. The summed E-state index contributed by atoms with van der Waals surface area (Å²) in [7, 11) is 0. The number of carbonyl (C=O) groups excluding carboxylic acids is 1. The molecule has 0 aromatic carbocycles. The molecule has 8 heteroatoms. The molecule has 1 atom stereocenters. The van der Waals surface area contributed by atoms with Gasteiger partial charge < -0.3 is 14.7 Å². The van der Waals surface area contributed by atoms with Crippen LogP contribution in [0.3, 0.4) is 0 Å². The van der Waals surface area contributed by atoms with Crippen molar-refractivity contribution in [1.82, 2.24) is 15.1 Å². The number of carbonyl (C=O) groups is 1. The minimum absolute atomic E-state index is 0.0854. The lowest BCUT2D eigenvalue weighted by Crippen LogP contribution is -2.40. The zero-order valence-corrected chi connectivity index (χ0v) is 13.3. The summed E-state index contributed by atoms with van der Waals surface area (Å²) in [5.41, 5.74) is 0. The van der Waals surface area contributed by atoms with Crippen LogP contribution in [-0.4, -0.2) is 33.6 Å². The summed E-state index contributed by atoms with van der Waals surface area (Å²) in [6.45, 7) is 2.59. The van der Waals surface area contributed by atoms with E-state index >= 15 is 0 Å². The quantitative estimate of drug-likeness (QED) is 0.795. The maximum atomic E-state index is 12.6. The van der Waals surface area contributed by atoms with Crippen molar-refractivity contribution in [2.75, 3.05) is 16.8 Å². The Kier molecular flexibility index (Phi) is 3.45. The fraction of sp³-hybridized carbons (Fsp3) is 0.333. The van der Waals surface area contributed by atoms with Crippen LogP contribution < -0.4 is 10.2 Å². The zero-order chi connectivity index (χ0) is 15.8. The van der Waals surface area contributed by atoms with Gasteiger partial charge in [-0.15, -0.1) is 11.3 Å². The Morgan fingerprint density at radius 1 is 1.48 bits per heavy atom. The third-order valence-corrected chi connectivity index (χ3v) is 4.77. The number of aromatic nitrogens is 3. The highest BCUT2D eigenvalue weighted by Gasteiger charge is 2.33. The van der Waals surface area contributed by atoms with Crippen LogP contribution in [0.4, 0.5) is 11.6 Å². The Morgan fingerprint density at radius 2 is 2.39 bits per heavy atom. The molecule has 23 heavy (non-hydrogen) atoms. The highest BCUT2D eigenvalue weighted by atomic mass is 32.1. The number of hydrogen-bond donors (Lipinski definition) is 1.